The molecule has 0 bridgehead atoms. The van der Waals surface area contributed by atoms with E-state index in [1.54, 1.807) is 0 Å². The minimum Gasteiger partial charge on any atom is -0.0862 e. The van der Waals surface area contributed by atoms with Gasteiger partial charge in [-0.05, 0) is 30.4 Å². The zero-order valence-corrected chi connectivity index (χ0v) is 9.50. The number of rotatable bonds is 2. The quantitative estimate of drug-likeness (QED) is 0.557. The molecule has 0 aliphatic heterocycles. The molecule has 0 atom stereocenters. The fourth-order valence-corrected chi connectivity index (χ4v) is 1.85. The normalized spacial score (nSPS) is 15.2. The fraction of sp³-hybridized carbons (Fsp3) is 0.636. The maximum atomic E-state index is 6.12. The molecule has 0 aromatic rings. The summed E-state index contributed by atoms with van der Waals surface area (Å²) >= 11 is 6.12. The van der Waals surface area contributed by atoms with Gasteiger partial charge in [0.1, 0.15) is 0 Å². The molecule has 0 aliphatic carbocycles. The third-order valence-corrected chi connectivity index (χ3v) is 2.21. The molecule has 0 heterocycles. The summed E-state index contributed by atoms with van der Waals surface area (Å²) in [5.41, 5.74) is 1.51. The second-order valence-electron chi connectivity index (χ2n) is 3.93. The molecule has 0 N–H and O–H groups in total. The minimum atomic E-state index is 0.186. The van der Waals surface area contributed by atoms with Crippen LogP contribution in [0.3, 0.4) is 0 Å². The molecular weight excluding hydrogens is 168 g/mol. The van der Waals surface area contributed by atoms with Crippen LogP contribution >= 0.6 is 11.6 Å². The molecule has 0 spiro atoms. The molecule has 0 aromatic heterocycles. The second-order valence-corrected chi connectivity index (χ2v) is 4.34. The van der Waals surface area contributed by atoms with Crippen molar-refractivity contribution in [2.75, 3.05) is 0 Å². The SMILES string of the molecule is CC=CC(Cl)=C(CC)C(C)(C)C. The van der Waals surface area contributed by atoms with Crippen molar-refractivity contribution in [1.29, 1.82) is 0 Å². The van der Waals surface area contributed by atoms with Crippen molar-refractivity contribution >= 4 is 11.6 Å². The molecule has 0 saturated heterocycles. The van der Waals surface area contributed by atoms with Crippen LogP contribution in [0.4, 0.5) is 0 Å². The Bertz CT molecular complexity index is 192. The molecular formula is C11H19Cl. The van der Waals surface area contributed by atoms with Gasteiger partial charge in [0.25, 0.3) is 0 Å². The van der Waals surface area contributed by atoms with Crippen LogP contribution in [0, 0.1) is 5.41 Å². The number of hydrogen-bond donors (Lipinski definition) is 0. The molecule has 0 saturated carbocycles. The Labute approximate surface area is 81.3 Å². The summed E-state index contributed by atoms with van der Waals surface area (Å²) in [7, 11) is 0. The van der Waals surface area contributed by atoms with Gasteiger partial charge in [0.05, 0.1) is 0 Å². The first kappa shape index (κ1) is 11.8. The molecule has 0 aromatic carbocycles. The maximum absolute atomic E-state index is 6.12. The van der Waals surface area contributed by atoms with Gasteiger partial charge >= 0.3 is 0 Å². The van der Waals surface area contributed by atoms with Crippen molar-refractivity contribution in [2.45, 2.75) is 41.0 Å². The van der Waals surface area contributed by atoms with E-state index in [0.717, 1.165) is 11.5 Å². The van der Waals surface area contributed by atoms with Gasteiger partial charge in [0.15, 0.2) is 0 Å². The predicted molar refractivity (Wildman–Crippen MR) is 57.4 cm³/mol. The minimum absolute atomic E-state index is 0.186. The van der Waals surface area contributed by atoms with E-state index in [4.69, 9.17) is 11.6 Å². The standard InChI is InChI=1S/C11H19Cl/c1-6-8-10(12)9(7-2)11(3,4)5/h6,8H,7H2,1-5H3. The zero-order chi connectivity index (χ0) is 9.78. The Hall–Kier alpha value is -0.230. The van der Waals surface area contributed by atoms with Crippen LogP contribution in [0.25, 0.3) is 0 Å². The van der Waals surface area contributed by atoms with Gasteiger partial charge in [-0.2, -0.15) is 0 Å². The van der Waals surface area contributed by atoms with E-state index in [1.807, 2.05) is 19.1 Å². The molecule has 0 amide bonds. The Morgan fingerprint density at radius 2 is 1.83 bits per heavy atom. The first-order chi connectivity index (χ1) is 5.43. The molecule has 0 unspecified atom stereocenters. The van der Waals surface area contributed by atoms with Crippen LogP contribution in [0.2, 0.25) is 0 Å². The summed E-state index contributed by atoms with van der Waals surface area (Å²) in [4.78, 5) is 0. The lowest BCUT2D eigenvalue weighted by Crippen LogP contribution is -2.09. The second kappa shape index (κ2) is 4.71. The number of halogens is 1. The van der Waals surface area contributed by atoms with Crippen LogP contribution in [-0.2, 0) is 0 Å². The molecule has 0 nitrogen and oxygen atoms in total. The van der Waals surface area contributed by atoms with Crippen LogP contribution in [0.5, 0.6) is 0 Å². The highest BCUT2D eigenvalue weighted by molar-refractivity contribution is 6.31. The van der Waals surface area contributed by atoms with Gasteiger partial charge in [-0.25, -0.2) is 0 Å². The van der Waals surface area contributed by atoms with Gasteiger partial charge in [-0.1, -0.05) is 45.4 Å². The average Bonchev–Trinajstić information content (AvgIpc) is 1.85. The molecule has 0 fully saturated rings. The summed E-state index contributed by atoms with van der Waals surface area (Å²) in [6, 6.07) is 0. The topological polar surface area (TPSA) is 0 Å². The lowest BCUT2D eigenvalue weighted by atomic mass is 9.84. The van der Waals surface area contributed by atoms with E-state index in [0.29, 0.717) is 0 Å². The molecule has 0 aliphatic rings. The van der Waals surface area contributed by atoms with Crippen LogP contribution in [-0.4, -0.2) is 0 Å². The van der Waals surface area contributed by atoms with E-state index in [-0.39, 0.29) is 5.41 Å². The summed E-state index contributed by atoms with van der Waals surface area (Å²) in [6.45, 7) is 10.7. The van der Waals surface area contributed by atoms with Gasteiger partial charge in [0, 0.05) is 5.03 Å². The van der Waals surface area contributed by atoms with Crippen molar-refractivity contribution in [1.82, 2.24) is 0 Å². The molecule has 70 valence electrons. The maximum Gasteiger partial charge on any atom is 0.0399 e. The van der Waals surface area contributed by atoms with E-state index < -0.39 is 0 Å². The van der Waals surface area contributed by atoms with Crippen LogP contribution in [0.15, 0.2) is 22.8 Å². The van der Waals surface area contributed by atoms with E-state index in [2.05, 4.69) is 27.7 Å². The highest BCUT2D eigenvalue weighted by Gasteiger charge is 2.17. The third-order valence-electron chi connectivity index (χ3n) is 1.86. The summed E-state index contributed by atoms with van der Waals surface area (Å²) in [6.07, 6.45) is 4.96. The van der Waals surface area contributed by atoms with Crippen molar-refractivity contribution in [3.05, 3.63) is 22.8 Å². The predicted octanol–water partition coefficient (Wildman–Crippen LogP) is 4.51. The van der Waals surface area contributed by atoms with Crippen LogP contribution in [0.1, 0.15) is 41.0 Å². The fourth-order valence-electron chi connectivity index (χ4n) is 1.30. The molecule has 12 heavy (non-hydrogen) atoms. The molecule has 1 heteroatoms. The van der Waals surface area contributed by atoms with Crippen molar-refractivity contribution in [3.63, 3.8) is 0 Å². The molecule has 0 radical (unpaired) electrons. The van der Waals surface area contributed by atoms with E-state index in [9.17, 15) is 0 Å². The average molecular weight is 187 g/mol. The summed E-state index contributed by atoms with van der Waals surface area (Å²) in [5, 5.41) is 0.896. The van der Waals surface area contributed by atoms with Gasteiger partial charge < -0.3 is 0 Å². The first-order valence-electron chi connectivity index (χ1n) is 4.45. The monoisotopic (exact) mass is 186 g/mol. The number of hydrogen-bond acceptors (Lipinski definition) is 0. The smallest absolute Gasteiger partial charge is 0.0399 e. The highest BCUT2D eigenvalue weighted by atomic mass is 35.5. The van der Waals surface area contributed by atoms with Crippen molar-refractivity contribution in [2.24, 2.45) is 5.41 Å². The van der Waals surface area contributed by atoms with Crippen molar-refractivity contribution < 1.29 is 0 Å². The Morgan fingerprint density at radius 3 is 2.08 bits per heavy atom. The Kier molecular flexibility index (Phi) is 4.62. The Morgan fingerprint density at radius 1 is 1.33 bits per heavy atom. The lowest BCUT2D eigenvalue weighted by Gasteiger charge is -2.22. The third kappa shape index (κ3) is 3.44. The van der Waals surface area contributed by atoms with Crippen molar-refractivity contribution in [3.8, 4) is 0 Å². The van der Waals surface area contributed by atoms with Gasteiger partial charge in [-0.3, -0.25) is 0 Å². The molecule has 0 rings (SSSR count). The van der Waals surface area contributed by atoms with Gasteiger partial charge in [0.2, 0.25) is 0 Å². The zero-order valence-electron chi connectivity index (χ0n) is 8.74. The number of allylic oxidation sites excluding steroid dienone is 4. The van der Waals surface area contributed by atoms with E-state index in [1.165, 1.54) is 5.57 Å². The van der Waals surface area contributed by atoms with E-state index >= 15 is 0 Å². The van der Waals surface area contributed by atoms with Crippen LogP contribution < -0.4 is 0 Å². The Balaban J connectivity index is 4.86. The summed E-state index contributed by atoms with van der Waals surface area (Å²) < 4.78 is 0. The summed E-state index contributed by atoms with van der Waals surface area (Å²) in [5.74, 6) is 0. The lowest BCUT2D eigenvalue weighted by molar-refractivity contribution is 0.487. The highest BCUT2D eigenvalue weighted by Crippen LogP contribution is 2.32. The largest absolute Gasteiger partial charge is 0.0862 e. The first-order valence-corrected chi connectivity index (χ1v) is 4.83. The van der Waals surface area contributed by atoms with Gasteiger partial charge in [-0.15, -0.1) is 0 Å².